The van der Waals surface area contributed by atoms with Crippen molar-refractivity contribution in [1.82, 2.24) is 73.0 Å². The highest BCUT2D eigenvalue weighted by atomic mass is 16.4. The molecule has 0 spiro atoms. The lowest BCUT2D eigenvalue weighted by Gasteiger charge is -2.43. The molecule has 6 aromatic carbocycles. The summed E-state index contributed by atoms with van der Waals surface area (Å²) < 4.78 is 0. The van der Waals surface area contributed by atoms with Crippen molar-refractivity contribution in [3.8, 4) is 11.5 Å². The predicted octanol–water partition coefficient (Wildman–Crippen LogP) is -1.42. The van der Waals surface area contributed by atoms with Crippen LogP contribution in [0.25, 0.3) is 21.7 Å². The predicted molar refractivity (Wildman–Crippen MR) is 406 cm³/mol. The van der Waals surface area contributed by atoms with Crippen LogP contribution in [0.4, 0.5) is 0 Å². The molecule has 1 fully saturated rings. The molecule has 112 heavy (non-hydrogen) atoms. The fraction of sp³-hybridized carbons (Fsp3) is 0.312. The minimum absolute atomic E-state index is 0.00162. The summed E-state index contributed by atoms with van der Waals surface area (Å²) in [6, 6.07) is 19.3. The summed E-state index contributed by atoms with van der Waals surface area (Å²) >= 11 is 0. The number of nitrogens with one attached hydrogen (secondary N) is 13. The molecule has 12 amide bonds. The zero-order valence-corrected chi connectivity index (χ0v) is 61.0. The number of H-pyrrole nitrogens is 2. The van der Waals surface area contributed by atoms with E-state index in [0.717, 1.165) is 19.2 Å². The van der Waals surface area contributed by atoms with E-state index >= 15 is 33.6 Å². The number of fused-ring (bicyclic) bond motifs is 2. The summed E-state index contributed by atoms with van der Waals surface area (Å²) in [5.41, 5.74) is 23.4. The molecule has 2 aromatic heterocycles. The molecule has 0 radical (unpaired) electrons. The van der Waals surface area contributed by atoms with Crippen LogP contribution in [0.1, 0.15) is 73.0 Å². The number of aromatic amines is 2. The van der Waals surface area contributed by atoms with Gasteiger partial charge in [0.2, 0.25) is 76.5 Å². The lowest BCUT2D eigenvalue weighted by molar-refractivity contribution is -0.168. The van der Waals surface area contributed by atoms with E-state index in [1.165, 1.54) is 73.2 Å². The van der Waals surface area contributed by atoms with Crippen LogP contribution in [0, 0.1) is 5.41 Å². The van der Waals surface area contributed by atoms with E-state index in [2.05, 4.69) is 68.1 Å². The smallest absolute Gasteiger partial charge is 0.350 e. The number of amides is 12. The number of aromatic hydroxyl groups is 2. The summed E-state index contributed by atoms with van der Waals surface area (Å²) in [6.07, 6.45) is -1.03. The van der Waals surface area contributed by atoms with Crippen molar-refractivity contribution in [3.05, 3.63) is 198 Å². The Bertz CT molecular complexity index is 4770. The molecule has 1 aliphatic rings. The van der Waals surface area contributed by atoms with E-state index in [9.17, 15) is 44.1 Å². The number of guanidine groups is 1. The van der Waals surface area contributed by atoms with Crippen LogP contribution < -0.4 is 76.1 Å². The Morgan fingerprint density at radius 2 is 1.12 bits per heavy atom. The third-order valence-electron chi connectivity index (χ3n) is 18.8. The van der Waals surface area contributed by atoms with E-state index in [0.29, 0.717) is 43.4 Å². The number of imidazole rings is 1. The van der Waals surface area contributed by atoms with Gasteiger partial charge in [0.15, 0.2) is 5.96 Å². The van der Waals surface area contributed by atoms with Crippen LogP contribution in [0.5, 0.6) is 11.5 Å². The molecule has 24 N–H and O–H groups in total. The number of carbonyl (C=O) groups excluding carboxylic acids is 12. The Morgan fingerprint density at radius 1 is 0.589 bits per heavy atom. The van der Waals surface area contributed by atoms with Crippen molar-refractivity contribution < 1.29 is 77.6 Å². The number of carboxylic acids is 1. The van der Waals surface area contributed by atoms with Crippen molar-refractivity contribution in [3.63, 3.8) is 0 Å². The second-order valence-electron chi connectivity index (χ2n) is 27.3. The number of primary amides is 2. The molecule has 35 nitrogen and oxygen atoms in total. The molecule has 0 aliphatic carbocycles. The average Bonchev–Trinajstić information content (AvgIpc) is 0.776. The number of phenols is 2. The molecule has 11 atom stereocenters. The van der Waals surface area contributed by atoms with Crippen molar-refractivity contribution >= 4 is 104 Å². The first kappa shape index (κ1) is 82.3. The standard InChI is InChI=1S/C77H89N19O16/c1-41-66(102)89-57(31-42-11-4-3-5-12-42)74(110)95-77(2,75(111)112)96(62(65(80)101)33-44-21-26-51(98)27-22-44)64(100)37-61(90-67(103)53(78)30-43-19-24-50(97)25-20-43)73(109)93-59(35-49-39-83-40-86-49)72(108)91-56(32-45-18-23-46-13-6-7-14-47(46)29-45)70(106)88-55(17-10-28-84-76(81)82)68(104)92-58(34-48-38-85-54-16-9-8-15-52(48)54)71(107)94-60(36-63(79)99)69(105)87-41/h3-9,11-16,18-27,29,38-41,53,55-62,85,97-98H,10,17,28,30-37,78H2,1-2H3,(H2,79,99)(H2,80,101)(H,83,86)(H,87,105)(H,88,106)(H,89,102)(H,90,103)(H,91,108)(H,92,104)(H,93,109)(H,94,107)(H,95,110)(H,111,112)(H4,81,82,84)/t41-,53-,55-,56+,57-,58-,59-,60-,61-,62-,77?/m0/s1. The van der Waals surface area contributed by atoms with Gasteiger partial charge >= 0.3 is 5.97 Å². The molecule has 3 heterocycles. The lowest BCUT2D eigenvalue weighted by atomic mass is 9.97. The molecule has 0 bridgehead atoms. The Balaban J connectivity index is 1.21. The molecular formula is C77H89N19O16. The number of phenolic OH excluding ortho intramolecular Hbond substituents is 2. The number of para-hydroxylation sites is 1. The number of rotatable bonds is 23. The van der Waals surface area contributed by atoms with Gasteiger partial charge in [-0.15, -0.1) is 0 Å². The zero-order chi connectivity index (χ0) is 80.9. The lowest BCUT2D eigenvalue weighted by Crippen LogP contribution is -2.72. The van der Waals surface area contributed by atoms with Crippen LogP contribution in [0.3, 0.4) is 0 Å². The van der Waals surface area contributed by atoms with E-state index in [1.54, 1.807) is 85.1 Å². The van der Waals surface area contributed by atoms with E-state index in [4.69, 9.17) is 28.3 Å². The minimum Gasteiger partial charge on any atom is -0.508 e. The number of hydrogen-bond donors (Lipinski definition) is 20. The highest BCUT2D eigenvalue weighted by molar-refractivity contribution is 6.02. The quantitative estimate of drug-likeness (QED) is 0.0198. The van der Waals surface area contributed by atoms with Crippen LogP contribution in [-0.4, -0.2) is 191 Å². The highest BCUT2D eigenvalue weighted by Gasteiger charge is 2.51. The van der Waals surface area contributed by atoms with E-state index in [1.807, 2.05) is 6.07 Å². The van der Waals surface area contributed by atoms with Crippen molar-refractivity contribution in [2.45, 2.75) is 144 Å². The van der Waals surface area contributed by atoms with Crippen molar-refractivity contribution in [2.75, 3.05) is 6.54 Å². The normalized spacial score (nSPS) is 21.5. The second-order valence-corrected chi connectivity index (χ2v) is 27.3. The molecule has 35 heteroatoms. The van der Waals surface area contributed by atoms with Gasteiger partial charge in [-0.05, 0) is 102 Å². The Hall–Kier alpha value is -13.7. The monoisotopic (exact) mass is 1540 g/mol. The molecule has 9 rings (SSSR count). The second kappa shape index (κ2) is 37.9. The highest BCUT2D eigenvalue weighted by Crippen LogP contribution is 2.26. The van der Waals surface area contributed by atoms with Gasteiger partial charge in [-0.1, -0.05) is 115 Å². The van der Waals surface area contributed by atoms with Gasteiger partial charge in [-0.25, -0.2) is 9.78 Å². The van der Waals surface area contributed by atoms with Gasteiger partial charge in [-0.2, -0.15) is 0 Å². The number of nitrogens with two attached hydrogens (primary N) is 4. The third kappa shape index (κ3) is 22.5. The van der Waals surface area contributed by atoms with Gasteiger partial charge in [0.1, 0.15) is 65.9 Å². The maximum Gasteiger partial charge on any atom is 0.350 e. The molecule has 1 aliphatic heterocycles. The maximum atomic E-state index is 15.9. The Labute approximate surface area is 640 Å². The van der Waals surface area contributed by atoms with Gasteiger partial charge in [0.25, 0.3) is 0 Å². The number of carboxylic acid groups (broad SMARTS) is 1. The van der Waals surface area contributed by atoms with Crippen LogP contribution >= 0.6 is 0 Å². The Kier molecular flexibility index (Phi) is 27.8. The first-order valence-electron chi connectivity index (χ1n) is 35.7. The van der Waals surface area contributed by atoms with Gasteiger partial charge < -0.3 is 101 Å². The van der Waals surface area contributed by atoms with Gasteiger partial charge in [0, 0.05) is 67.6 Å². The molecule has 8 aromatic rings. The van der Waals surface area contributed by atoms with E-state index in [-0.39, 0.29) is 61.4 Å². The van der Waals surface area contributed by atoms with Gasteiger partial charge in [0.05, 0.1) is 25.2 Å². The molecular weight excluding hydrogens is 1450 g/mol. The van der Waals surface area contributed by atoms with Crippen LogP contribution in [0.15, 0.2) is 164 Å². The van der Waals surface area contributed by atoms with E-state index < -0.39 is 181 Å². The SMILES string of the molecule is C[C@@H]1NC(=O)[C@H](CC(N)=O)NC(=O)[C@H](Cc2c[nH]c3ccccc23)NC(=O)[C@H](CCCNC(=N)N)NC(=O)[C@@H](Cc2ccc3ccccc3c2)NC(=O)[C@H](Cc2cnc[nH]2)NC(=O)[C@@H](NC(=O)[C@@H](N)Cc2ccc(O)cc2)CC(=O)N([C@@H](Cc2ccc(O)cc2)C(N)=O)C(C)(C(=O)O)NC(=O)[C@H](Cc2ccccc2)NC1=O. The summed E-state index contributed by atoms with van der Waals surface area (Å²) in [7, 11) is 0. The van der Waals surface area contributed by atoms with Crippen LogP contribution in [-0.2, 0) is 101 Å². The number of carbonyl (C=O) groups is 13. The molecule has 1 saturated heterocycles. The fourth-order valence-electron chi connectivity index (χ4n) is 12.9. The molecule has 588 valence electrons. The molecule has 0 saturated carbocycles. The fourth-order valence-corrected chi connectivity index (χ4v) is 12.9. The summed E-state index contributed by atoms with van der Waals surface area (Å²) in [6.45, 7) is 1.90. The zero-order valence-electron chi connectivity index (χ0n) is 61.0. The average molecular weight is 1540 g/mol. The topological polar surface area (TPSA) is 579 Å². The summed E-state index contributed by atoms with van der Waals surface area (Å²) in [4.78, 5) is 204. The number of aliphatic carboxylic acids is 1. The summed E-state index contributed by atoms with van der Waals surface area (Å²) in [5, 5.41) is 67.4. The van der Waals surface area contributed by atoms with Crippen molar-refractivity contribution in [1.29, 1.82) is 5.41 Å². The van der Waals surface area contributed by atoms with Crippen molar-refractivity contribution in [2.24, 2.45) is 22.9 Å². The number of hydrogen-bond acceptors (Lipinski definition) is 18. The number of nitrogens with zero attached hydrogens (tertiary/aromatic N) is 2. The molecule has 1 unspecified atom stereocenters. The third-order valence-corrected chi connectivity index (χ3v) is 18.8. The largest absolute Gasteiger partial charge is 0.508 e. The number of aromatic nitrogens is 3. The minimum atomic E-state index is -3.20. The first-order chi connectivity index (χ1) is 53.4. The maximum absolute atomic E-state index is 15.9. The van der Waals surface area contributed by atoms with Gasteiger partial charge in [-0.3, -0.25) is 67.8 Å². The summed E-state index contributed by atoms with van der Waals surface area (Å²) in [5.74, 6) is -17.5. The number of benzene rings is 6. The Morgan fingerprint density at radius 3 is 1.75 bits per heavy atom. The first-order valence-corrected chi connectivity index (χ1v) is 35.7. The van der Waals surface area contributed by atoms with Crippen LogP contribution in [0.2, 0.25) is 0 Å².